The van der Waals surface area contributed by atoms with Crippen LogP contribution < -0.4 is 5.56 Å². The van der Waals surface area contributed by atoms with Gasteiger partial charge in [0.1, 0.15) is 5.69 Å². The van der Waals surface area contributed by atoms with Crippen LogP contribution in [0.5, 0.6) is 0 Å². The number of benzene rings is 2. The third-order valence-corrected chi connectivity index (χ3v) is 6.09. The second-order valence-electron chi connectivity index (χ2n) is 8.05. The number of nitrogens with zero attached hydrogens (tertiary/aromatic N) is 4. The molecule has 0 spiro atoms. The van der Waals surface area contributed by atoms with Crippen LogP contribution in [0.4, 0.5) is 0 Å². The first kappa shape index (κ1) is 21.2. The van der Waals surface area contributed by atoms with Crippen molar-refractivity contribution in [1.82, 2.24) is 24.5 Å². The number of H-pyrrole nitrogens is 1. The van der Waals surface area contributed by atoms with Crippen molar-refractivity contribution in [1.29, 1.82) is 0 Å². The minimum absolute atomic E-state index is 0.206. The highest BCUT2D eigenvalue weighted by molar-refractivity contribution is 6.30. The molecule has 0 saturated heterocycles. The number of nitrogens with one attached hydrogen (secondary N) is 1. The zero-order valence-electron chi connectivity index (χ0n) is 18.2. The molecule has 0 unspecified atom stereocenters. The van der Waals surface area contributed by atoms with E-state index in [1.807, 2.05) is 50.5 Å². The minimum Gasteiger partial charge on any atom is -0.394 e. The van der Waals surface area contributed by atoms with Gasteiger partial charge in [0.15, 0.2) is 0 Å². The molecule has 5 rings (SSSR count). The molecule has 0 bridgehead atoms. The standard InChI is InChI=1S/C25H22ClN5O2/c1-15-21(13-30(2)29-15)25-20-11-16(6-7-22(20)27-28-25)17-8-9-31(24(33)12-17)23(14-32)18-4-3-5-19(26)10-18/h3-13,23,32H,14H2,1-2H3,(H,27,28)/t23-/m1/s1. The molecule has 0 aliphatic carbocycles. The fraction of sp³-hybridized carbons (Fsp3) is 0.160. The summed E-state index contributed by atoms with van der Waals surface area (Å²) in [5.74, 6) is 0. The molecular formula is C25H22ClN5O2. The smallest absolute Gasteiger partial charge is 0.251 e. The maximum absolute atomic E-state index is 13.0. The number of aromatic nitrogens is 5. The van der Waals surface area contributed by atoms with Gasteiger partial charge in [-0.25, -0.2) is 0 Å². The van der Waals surface area contributed by atoms with Crippen molar-refractivity contribution in [2.45, 2.75) is 13.0 Å². The lowest BCUT2D eigenvalue weighted by Gasteiger charge is -2.18. The Morgan fingerprint density at radius 1 is 1.12 bits per heavy atom. The number of aryl methyl sites for hydroxylation is 2. The highest BCUT2D eigenvalue weighted by Gasteiger charge is 2.17. The molecule has 1 atom stereocenters. The van der Waals surface area contributed by atoms with E-state index in [9.17, 15) is 9.90 Å². The fourth-order valence-electron chi connectivity index (χ4n) is 4.23. The van der Waals surface area contributed by atoms with Crippen LogP contribution in [0.2, 0.25) is 5.02 Å². The second-order valence-corrected chi connectivity index (χ2v) is 8.49. The van der Waals surface area contributed by atoms with Crippen molar-refractivity contribution in [3.8, 4) is 22.4 Å². The normalized spacial score (nSPS) is 12.4. The van der Waals surface area contributed by atoms with E-state index >= 15 is 0 Å². The van der Waals surface area contributed by atoms with Crippen LogP contribution in [0.3, 0.4) is 0 Å². The average molecular weight is 460 g/mol. The van der Waals surface area contributed by atoms with Gasteiger partial charge in [0, 0.05) is 41.5 Å². The third-order valence-electron chi connectivity index (χ3n) is 5.86. The number of hydrogen-bond donors (Lipinski definition) is 2. The first-order chi connectivity index (χ1) is 15.9. The number of fused-ring (bicyclic) bond motifs is 1. The molecule has 0 aliphatic rings. The highest BCUT2D eigenvalue weighted by Crippen LogP contribution is 2.31. The first-order valence-corrected chi connectivity index (χ1v) is 10.9. The molecule has 2 aromatic carbocycles. The van der Waals surface area contributed by atoms with E-state index in [0.717, 1.165) is 44.5 Å². The Labute approximate surface area is 194 Å². The molecular weight excluding hydrogens is 438 g/mol. The zero-order valence-corrected chi connectivity index (χ0v) is 18.9. The van der Waals surface area contributed by atoms with E-state index in [2.05, 4.69) is 15.3 Å². The van der Waals surface area contributed by atoms with Gasteiger partial charge in [0.2, 0.25) is 0 Å². The van der Waals surface area contributed by atoms with Crippen LogP contribution >= 0.6 is 11.6 Å². The number of hydrogen-bond acceptors (Lipinski definition) is 4. The summed E-state index contributed by atoms with van der Waals surface area (Å²) in [6.07, 6.45) is 3.66. The summed E-state index contributed by atoms with van der Waals surface area (Å²) >= 11 is 6.10. The molecule has 33 heavy (non-hydrogen) atoms. The van der Waals surface area contributed by atoms with Crippen molar-refractivity contribution >= 4 is 22.5 Å². The Morgan fingerprint density at radius 3 is 2.64 bits per heavy atom. The zero-order chi connectivity index (χ0) is 23.1. The molecule has 3 aromatic heterocycles. The Hall–Kier alpha value is -3.68. The Kier molecular flexibility index (Phi) is 5.36. The van der Waals surface area contributed by atoms with Crippen molar-refractivity contribution in [3.63, 3.8) is 0 Å². The van der Waals surface area contributed by atoms with Crippen molar-refractivity contribution in [2.75, 3.05) is 6.61 Å². The Morgan fingerprint density at radius 2 is 1.94 bits per heavy atom. The van der Waals surface area contributed by atoms with Crippen LogP contribution in [0.25, 0.3) is 33.3 Å². The summed E-state index contributed by atoms with van der Waals surface area (Å²) in [4.78, 5) is 13.0. The number of aliphatic hydroxyl groups excluding tert-OH is 1. The summed E-state index contributed by atoms with van der Waals surface area (Å²) in [5, 5.41) is 23.5. The van der Waals surface area contributed by atoms with Gasteiger partial charge in [-0.3, -0.25) is 14.6 Å². The van der Waals surface area contributed by atoms with Gasteiger partial charge in [-0.05, 0) is 53.9 Å². The summed E-state index contributed by atoms with van der Waals surface area (Å²) in [5.41, 5.74) is 5.85. The lowest BCUT2D eigenvalue weighted by Crippen LogP contribution is -2.26. The maximum Gasteiger partial charge on any atom is 0.251 e. The largest absolute Gasteiger partial charge is 0.394 e. The van der Waals surface area contributed by atoms with Gasteiger partial charge in [0.25, 0.3) is 5.56 Å². The van der Waals surface area contributed by atoms with E-state index in [1.54, 1.807) is 35.1 Å². The molecule has 166 valence electrons. The average Bonchev–Trinajstić information content (AvgIpc) is 3.36. The van der Waals surface area contributed by atoms with E-state index < -0.39 is 6.04 Å². The van der Waals surface area contributed by atoms with Gasteiger partial charge in [-0.15, -0.1) is 0 Å². The molecule has 5 aromatic rings. The Bertz CT molecular complexity index is 1530. The predicted octanol–water partition coefficient (Wildman–Crippen LogP) is 4.34. The Balaban J connectivity index is 1.55. The van der Waals surface area contributed by atoms with Crippen LogP contribution in [0.15, 0.2) is 71.8 Å². The number of aliphatic hydroxyl groups is 1. The van der Waals surface area contributed by atoms with E-state index in [0.29, 0.717) is 5.02 Å². The predicted molar refractivity (Wildman–Crippen MR) is 129 cm³/mol. The molecule has 0 radical (unpaired) electrons. The van der Waals surface area contributed by atoms with E-state index in [-0.39, 0.29) is 12.2 Å². The maximum atomic E-state index is 13.0. The molecule has 0 amide bonds. The van der Waals surface area contributed by atoms with Crippen molar-refractivity contribution in [2.24, 2.45) is 7.05 Å². The second kappa shape index (κ2) is 8.35. The van der Waals surface area contributed by atoms with Crippen LogP contribution in [-0.2, 0) is 7.05 Å². The number of aromatic amines is 1. The molecule has 3 heterocycles. The highest BCUT2D eigenvalue weighted by atomic mass is 35.5. The van der Waals surface area contributed by atoms with Crippen molar-refractivity contribution in [3.05, 3.63) is 93.6 Å². The number of halogens is 1. The van der Waals surface area contributed by atoms with Gasteiger partial charge >= 0.3 is 0 Å². The van der Waals surface area contributed by atoms with E-state index in [1.165, 1.54) is 4.57 Å². The van der Waals surface area contributed by atoms with Crippen molar-refractivity contribution < 1.29 is 5.11 Å². The van der Waals surface area contributed by atoms with Gasteiger partial charge < -0.3 is 9.67 Å². The van der Waals surface area contributed by atoms with Gasteiger partial charge in [-0.2, -0.15) is 10.2 Å². The van der Waals surface area contributed by atoms with Crippen LogP contribution in [0, 0.1) is 6.92 Å². The SMILES string of the molecule is Cc1nn(C)cc1-c1n[nH]c2ccc(-c3ccn([C@H](CO)c4cccc(Cl)c4)c(=O)c3)cc12. The van der Waals surface area contributed by atoms with Crippen LogP contribution in [0.1, 0.15) is 17.3 Å². The topological polar surface area (TPSA) is 88.7 Å². The molecule has 8 heteroatoms. The molecule has 0 aliphatic heterocycles. The first-order valence-electron chi connectivity index (χ1n) is 10.5. The summed E-state index contributed by atoms with van der Waals surface area (Å²) in [6.45, 7) is 1.74. The molecule has 0 fully saturated rings. The molecule has 0 saturated carbocycles. The van der Waals surface area contributed by atoms with Gasteiger partial charge in [0.05, 0.1) is 23.9 Å². The summed E-state index contributed by atoms with van der Waals surface area (Å²) in [6, 6.07) is 16.1. The summed E-state index contributed by atoms with van der Waals surface area (Å²) in [7, 11) is 1.88. The third kappa shape index (κ3) is 3.86. The lowest BCUT2D eigenvalue weighted by atomic mass is 10.0. The quantitative estimate of drug-likeness (QED) is 0.409. The lowest BCUT2D eigenvalue weighted by molar-refractivity contribution is 0.247. The fourth-order valence-corrected chi connectivity index (χ4v) is 4.42. The molecule has 2 N–H and O–H groups in total. The monoisotopic (exact) mass is 459 g/mol. The van der Waals surface area contributed by atoms with E-state index in [4.69, 9.17) is 11.6 Å². The summed E-state index contributed by atoms with van der Waals surface area (Å²) < 4.78 is 3.29. The van der Waals surface area contributed by atoms with Crippen LogP contribution in [-0.4, -0.2) is 36.3 Å². The molecule has 7 nitrogen and oxygen atoms in total. The minimum atomic E-state index is -0.512. The number of rotatable bonds is 5. The number of pyridine rings is 1. The van der Waals surface area contributed by atoms with Gasteiger partial charge in [-0.1, -0.05) is 29.8 Å².